The van der Waals surface area contributed by atoms with Crippen molar-refractivity contribution in [1.29, 1.82) is 0 Å². The van der Waals surface area contributed by atoms with Crippen LogP contribution in [0.4, 0.5) is 16.0 Å². The third kappa shape index (κ3) is 3.87. The van der Waals surface area contributed by atoms with E-state index in [0.29, 0.717) is 22.7 Å². The van der Waals surface area contributed by atoms with Crippen LogP contribution in [0, 0.1) is 12.7 Å². The number of aryl methyl sites for hydroxylation is 1. The van der Waals surface area contributed by atoms with Crippen LogP contribution in [0.2, 0.25) is 0 Å². The molecule has 31 heavy (non-hydrogen) atoms. The van der Waals surface area contributed by atoms with Gasteiger partial charge in [0.05, 0.1) is 24.1 Å². The van der Waals surface area contributed by atoms with Crippen molar-refractivity contribution in [3.8, 4) is 28.3 Å². The SMILES string of the molecule is COc1cccc(N(C(C)=O)c2onc(-c3cc(C)ccc3F)c2-c2ccncn2)c1. The van der Waals surface area contributed by atoms with E-state index in [1.807, 2.05) is 6.92 Å². The number of carbonyl (C=O) groups is 1. The van der Waals surface area contributed by atoms with Crippen LogP contribution < -0.4 is 9.64 Å². The normalized spacial score (nSPS) is 10.7. The van der Waals surface area contributed by atoms with Gasteiger partial charge in [0.25, 0.3) is 0 Å². The number of amides is 1. The molecule has 0 atom stereocenters. The Morgan fingerprint density at radius 2 is 2.00 bits per heavy atom. The van der Waals surface area contributed by atoms with Crippen molar-refractivity contribution in [2.24, 2.45) is 0 Å². The van der Waals surface area contributed by atoms with E-state index in [2.05, 4.69) is 15.1 Å². The van der Waals surface area contributed by atoms with Crippen molar-refractivity contribution < 1.29 is 18.4 Å². The topological polar surface area (TPSA) is 81.4 Å². The molecule has 0 fully saturated rings. The van der Waals surface area contributed by atoms with Crippen LogP contribution in [0.5, 0.6) is 5.75 Å². The van der Waals surface area contributed by atoms with Crippen LogP contribution in [-0.2, 0) is 4.79 Å². The molecule has 2 heterocycles. The summed E-state index contributed by atoms with van der Waals surface area (Å²) in [5.74, 6) is -0.0975. The Morgan fingerprint density at radius 1 is 1.16 bits per heavy atom. The average Bonchev–Trinajstić information content (AvgIpc) is 3.20. The van der Waals surface area contributed by atoms with Crippen molar-refractivity contribution in [1.82, 2.24) is 15.1 Å². The molecule has 0 aliphatic heterocycles. The molecule has 0 bridgehead atoms. The molecule has 7 nitrogen and oxygen atoms in total. The number of ether oxygens (including phenoxy) is 1. The fraction of sp³-hybridized carbons (Fsp3) is 0.130. The van der Waals surface area contributed by atoms with Gasteiger partial charge in [-0.1, -0.05) is 22.9 Å². The second kappa shape index (κ2) is 8.35. The van der Waals surface area contributed by atoms with E-state index >= 15 is 0 Å². The first-order valence-corrected chi connectivity index (χ1v) is 9.47. The molecule has 156 valence electrons. The van der Waals surface area contributed by atoms with Gasteiger partial charge in [-0.3, -0.25) is 4.79 Å². The summed E-state index contributed by atoms with van der Waals surface area (Å²) in [5, 5.41) is 4.14. The molecule has 0 unspecified atom stereocenters. The van der Waals surface area contributed by atoms with E-state index in [9.17, 15) is 9.18 Å². The zero-order valence-electron chi connectivity index (χ0n) is 17.2. The highest BCUT2D eigenvalue weighted by Crippen LogP contribution is 2.42. The molecule has 0 N–H and O–H groups in total. The first-order valence-electron chi connectivity index (χ1n) is 9.47. The van der Waals surface area contributed by atoms with E-state index < -0.39 is 5.82 Å². The van der Waals surface area contributed by atoms with Crippen molar-refractivity contribution in [3.63, 3.8) is 0 Å². The van der Waals surface area contributed by atoms with E-state index in [4.69, 9.17) is 9.26 Å². The highest BCUT2D eigenvalue weighted by atomic mass is 19.1. The van der Waals surface area contributed by atoms with Crippen molar-refractivity contribution >= 4 is 17.5 Å². The molecule has 0 saturated carbocycles. The Balaban J connectivity index is 1.98. The van der Waals surface area contributed by atoms with Gasteiger partial charge in [-0.25, -0.2) is 19.3 Å². The summed E-state index contributed by atoms with van der Waals surface area (Å²) in [7, 11) is 1.54. The van der Waals surface area contributed by atoms with Crippen molar-refractivity contribution in [2.45, 2.75) is 13.8 Å². The first-order chi connectivity index (χ1) is 15.0. The minimum atomic E-state index is -0.462. The Bertz CT molecular complexity index is 1240. The molecule has 0 aliphatic rings. The number of carbonyl (C=O) groups excluding carboxylic acids is 1. The largest absolute Gasteiger partial charge is 0.497 e. The number of hydrogen-bond acceptors (Lipinski definition) is 6. The van der Waals surface area contributed by atoms with Gasteiger partial charge < -0.3 is 9.26 Å². The van der Waals surface area contributed by atoms with E-state index in [1.54, 1.807) is 48.7 Å². The van der Waals surface area contributed by atoms with Crippen LogP contribution in [0.15, 0.2) is 65.6 Å². The fourth-order valence-corrected chi connectivity index (χ4v) is 3.30. The van der Waals surface area contributed by atoms with E-state index in [0.717, 1.165) is 5.56 Å². The molecular formula is C23H19FN4O3. The minimum Gasteiger partial charge on any atom is -0.497 e. The number of methoxy groups -OCH3 is 1. The van der Waals surface area contributed by atoms with E-state index in [-0.39, 0.29) is 23.0 Å². The molecule has 4 aromatic rings. The number of aromatic nitrogens is 3. The first kappa shape index (κ1) is 20.2. The van der Waals surface area contributed by atoms with Crippen LogP contribution in [0.1, 0.15) is 12.5 Å². The maximum Gasteiger partial charge on any atom is 0.248 e. The molecule has 4 rings (SSSR count). The Kier molecular flexibility index (Phi) is 5.44. The molecule has 0 saturated heterocycles. The average molecular weight is 418 g/mol. The van der Waals surface area contributed by atoms with Gasteiger partial charge in [-0.05, 0) is 37.3 Å². The Morgan fingerprint density at radius 3 is 2.71 bits per heavy atom. The van der Waals surface area contributed by atoms with Gasteiger partial charge in [-0.15, -0.1) is 0 Å². The number of hydrogen-bond donors (Lipinski definition) is 0. The lowest BCUT2D eigenvalue weighted by Gasteiger charge is -2.19. The number of benzene rings is 2. The third-order valence-corrected chi connectivity index (χ3v) is 4.72. The highest BCUT2D eigenvalue weighted by Gasteiger charge is 2.29. The molecule has 2 aromatic carbocycles. The molecule has 0 aliphatic carbocycles. The van der Waals surface area contributed by atoms with Gasteiger partial charge in [0.1, 0.15) is 23.6 Å². The fourth-order valence-electron chi connectivity index (χ4n) is 3.30. The maximum atomic E-state index is 14.7. The molecular weight excluding hydrogens is 399 g/mol. The summed E-state index contributed by atoms with van der Waals surface area (Å²) in [6.45, 7) is 3.26. The van der Waals surface area contributed by atoms with Crippen LogP contribution in [0.25, 0.3) is 22.5 Å². The summed E-state index contributed by atoms with van der Waals surface area (Å²) in [6, 6.07) is 13.3. The molecule has 1 amide bonds. The van der Waals surface area contributed by atoms with Crippen LogP contribution in [0.3, 0.4) is 0 Å². The van der Waals surface area contributed by atoms with Gasteiger partial charge in [0.15, 0.2) is 0 Å². The molecule has 2 aromatic heterocycles. The lowest BCUT2D eigenvalue weighted by Crippen LogP contribution is -2.23. The quantitative estimate of drug-likeness (QED) is 0.457. The molecule has 0 radical (unpaired) electrons. The van der Waals surface area contributed by atoms with Crippen LogP contribution >= 0.6 is 0 Å². The number of halogens is 1. The van der Waals surface area contributed by atoms with Gasteiger partial charge in [0, 0.05) is 24.8 Å². The van der Waals surface area contributed by atoms with Crippen molar-refractivity contribution in [2.75, 3.05) is 12.0 Å². The summed E-state index contributed by atoms with van der Waals surface area (Å²) in [5.41, 5.74) is 2.67. The zero-order valence-corrected chi connectivity index (χ0v) is 17.2. The van der Waals surface area contributed by atoms with Crippen LogP contribution in [-0.4, -0.2) is 28.1 Å². The predicted molar refractivity (Wildman–Crippen MR) is 113 cm³/mol. The number of anilines is 2. The van der Waals surface area contributed by atoms with E-state index in [1.165, 1.54) is 31.3 Å². The lowest BCUT2D eigenvalue weighted by atomic mass is 10.0. The summed E-state index contributed by atoms with van der Waals surface area (Å²) in [6.07, 6.45) is 2.92. The highest BCUT2D eigenvalue weighted by molar-refractivity contribution is 6.03. The maximum absolute atomic E-state index is 14.7. The lowest BCUT2D eigenvalue weighted by molar-refractivity contribution is -0.116. The smallest absolute Gasteiger partial charge is 0.248 e. The summed E-state index contributed by atoms with van der Waals surface area (Å²) >= 11 is 0. The summed E-state index contributed by atoms with van der Waals surface area (Å²) < 4.78 is 25.7. The zero-order chi connectivity index (χ0) is 22.0. The monoisotopic (exact) mass is 418 g/mol. The van der Waals surface area contributed by atoms with Crippen molar-refractivity contribution in [3.05, 3.63) is 72.4 Å². The molecule has 8 heteroatoms. The van der Waals surface area contributed by atoms with Gasteiger partial charge in [0.2, 0.25) is 11.8 Å². The minimum absolute atomic E-state index is 0.121. The molecule has 0 spiro atoms. The Labute approximate surface area is 178 Å². The van der Waals surface area contributed by atoms with Gasteiger partial charge >= 0.3 is 0 Å². The third-order valence-electron chi connectivity index (χ3n) is 4.72. The number of nitrogens with zero attached hydrogens (tertiary/aromatic N) is 4. The summed E-state index contributed by atoms with van der Waals surface area (Å²) in [4.78, 5) is 22.3. The standard InChI is InChI=1S/C23H19FN4O3/c1-14-7-8-19(24)18(11-14)22-21(20-9-10-25-13-26-20)23(31-27-22)28(15(2)29)16-5-4-6-17(12-16)30-3/h4-13H,1-3H3. The second-order valence-electron chi connectivity index (χ2n) is 6.85. The second-order valence-corrected chi connectivity index (χ2v) is 6.85. The predicted octanol–water partition coefficient (Wildman–Crippen LogP) is 4.94. The number of rotatable bonds is 5. The van der Waals surface area contributed by atoms with Gasteiger partial charge in [-0.2, -0.15) is 0 Å². The Hall–Kier alpha value is -4.07.